The highest BCUT2D eigenvalue weighted by atomic mass is 16.2. The van der Waals surface area contributed by atoms with Crippen LogP contribution in [-0.4, -0.2) is 17.4 Å². The van der Waals surface area contributed by atoms with E-state index in [0.717, 1.165) is 19.4 Å². The Bertz CT molecular complexity index is 518. The molecular weight excluding hydrogens is 236 g/mol. The maximum Gasteiger partial charge on any atom is 0.243 e. The number of carbonyl (C=O) groups excluding carboxylic acids is 1. The maximum atomic E-state index is 12.5. The van der Waals surface area contributed by atoms with E-state index in [-0.39, 0.29) is 5.91 Å². The summed E-state index contributed by atoms with van der Waals surface area (Å²) in [6.45, 7) is 5.01. The van der Waals surface area contributed by atoms with Gasteiger partial charge in [0.15, 0.2) is 0 Å². The zero-order chi connectivity index (χ0) is 13.9. The molecule has 1 aromatic rings. The molecule has 3 nitrogen and oxygen atoms in total. The molecule has 0 spiro atoms. The van der Waals surface area contributed by atoms with Crippen molar-refractivity contribution in [3.8, 4) is 6.07 Å². The Morgan fingerprint density at radius 3 is 2.74 bits per heavy atom. The van der Waals surface area contributed by atoms with Crippen molar-refractivity contribution in [1.29, 1.82) is 5.26 Å². The Morgan fingerprint density at radius 1 is 1.42 bits per heavy atom. The third-order valence-electron chi connectivity index (χ3n) is 4.07. The number of aryl methyl sites for hydroxylation is 1. The van der Waals surface area contributed by atoms with Gasteiger partial charge in [0.1, 0.15) is 5.41 Å². The molecule has 3 heteroatoms. The molecule has 0 N–H and O–H groups in total. The third-order valence-corrected chi connectivity index (χ3v) is 4.07. The highest BCUT2D eigenvalue weighted by molar-refractivity contribution is 5.85. The van der Waals surface area contributed by atoms with Crippen molar-refractivity contribution in [3.05, 3.63) is 35.4 Å². The largest absolute Gasteiger partial charge is 0.337 e. The van der Waals surface area contributed by atoms with Crippen LogP contribution >= 0.6 is 0 Å². The molecule has 0 radical (unpaired) electrons. The first-order valence-electron chi connectivity index (χ1n) is 6.88. The highest BCUT2D eigenvalue weighted by Crippen LogP contribution is 2.26. The molecule has 1 amide bonds. The summed E-state index contributed by atoms with van der Waals surface area (Å²) in [7, 11) is 0. The van der Waals surface area contributed by atoms with Crippen LogP contribution in [0, 0.1) is 16.7 Å². The molecule has 0 bridgehead atoms. The van der Waals surface area contributed by atoms with Crippen LogP contribution in [0.5, 0.6) is 0 Å². The van der Waals surface area contributed by atoms with Gasteiger partial charge < -0.3 is 4.90 Å². The van der Waals surface area contributed by atoms with Gasteiger partial charge in [-0.2, -0.15) is 5.26 Å². The summed E-state index contributed by atoms with van der Waals surface area (Å²) in [4.78, 5) is 14.4. The molecule has 0 aromatic heterocycles. The number of carbonyl (C=O) groups is 1. The van der Waals surface area contributed by atoms with Gasteiger partial charge in [0.25, 0.3) is 0 Å². The summed E-state index contributed by atoms with van der Waals surface area (Å²) in [6, 6.07) is 10.4. The van der Waals surface area contributed by atoms with Crippen molar-refractivity contribution in [2.75, 3.05) is 6.54 Å². The zero-order valence-corrected chi connectivity index (χ0v) is 11.6. The fourth-order valence-corrected chi connectivity index (χ4v) is 2.50. The van der Waals surface area contributed by atoms with E-state index in [0.29, 0.717) is 13.0 Å². The van der Waals surface area contributed by atoms with Gasteiger partial charge >= 0.3 is 0 Å². The van der Waals surface area contributed by atoms with Crippen molar-refractivity contribution in [3.63, 3.8) is 0 Å². The second kappa shape index (κ2) is 5.44. The lowest BCUT2D eigenvalue weighted by atomic mass is 9.87. The zero-order valence-electron chi connectivity index (χ0n) is 11.6. The van der Waals surface area contributed by atoms with Crippen LogP contribution in [0.1, 0.15) is 37.8 Å². The summed E-state index contributed by atoms with van der Waals surface area (Å²) < 4.78 is 0. The van der Waals surface area contributed by atoms with E-state index >= 15 is 0 Å². The fraction of sp³-hybridized carbons (Fsp3) is 0.500. The molecule has 100 valence electrons. The Hall–Kier alpha value is -1.82. The Morgan fingerprint density at radius 2 is 2.11 bits per heavy atom. The first-order valence-corrected chi connectivity index (χ1v) is 6.88. The molecule has 19 heavy (non-hydrogen) atoms. The van der Waals surface area contributed by atoms with E-state index in [2.05, 4.69) is 18.2 Å². The number of benzene rings is 1. The van der Waals surface area contributed by atoms with Gasteiger partial charge in [0.05, 0.1) is 6.07 Å². The van der Waals surface area contributed by atoms with Crippen LogP contribution in [0.25, 0.3) is 0 Å². The van der Waals surface area contributed by atoms with E-state index in [1.807, 2.05) is 24.0 Å². The van der Waals surface area contributed by atoms with E-state index in [9.17, 15) is 10.1 Å². The SMILES string of the molecule is CCC(C)(C#N)C(=O)N1CCCc2ccccc2C1. The average Bonchev–Trinajstić information content (AvgIpc) is 2.67. The van der Waals surface area contributed by atoms with E-state index in [1.165, 1.54) is 11.1 Å². The smallest absolute Gasteiger partial charge is 0.243 e. The van der Waals surface area contributed by atoms with Crippen LogP contribution < -0.4 is 0 Å². The lowest BCUT2D eigenvalue weighted by Gasteiger charge is -2.28. The number of nitriles is 1. The summed E-state index contributed by atoms with van der Waals surface area (Å²) >= 11 is 0. The number of amides is 1. The summed E-state index contributed by atoms with van der Waals surface area (Å²) in [5, 5.41) is 9.25. The predicted molar refractivity (Wildman–Crippen MR) is 74.2 cm³/mol. The van der Waals surface area contributed by atoms with Gasteiger partial charge in [-0.25, -0.2) is 0 Å². The molecule has 1 unspecified atom stereocenters. The molecule has 0 aliphatic carbocycles. The van der Waals surface area contributed by atoms with Crippen molar-refractivity contribution in [1.82, 2.24) is 4.90 Å². The van der Waals surface area contributed by atoms with Crippen molar-refractivity contribution < 1.29 is 4.79 Å². The average molecular weight is 256 g/mol. The minimum absolute atomic E-state index is 0.0331. The molecule has 1 heterocycles. The number of rotatable bonds is 2. The topological polar surface area (TPSA) is 44.1 Å². The van der Waals surface area contributed by atoms with E-state index < -0.39 is 5.41 Å². The standard InChI is InChI=1S/C16H20N2O/c1-3-16(2,12-17)15(19)18-10-6-9-13-7-4-5-8-14(13)11-18/h4-5,7-8H,3,6,9-11H2,1-2H3. The molecular formula is C16H20N2O. The van der Waals surface area contributed by atoms with Gasteiger partial charge in [-0.1, -0.05) is 31.2 Å². The quantitative estimate of drug-likeness (QED) is 0.816. The van der Waals surface area contributed by atoms with Crippen LogP contribution in [-0.2, 0) is 17.8 Å². The normalized spacial score (nSPS) is 17.8. The van der Waals surface area contributed by atoms with E-state index in [4.69, 9.17) is 0 Å². The van der Waals surface area contributed by atoms with Crippen LogP contribution in [0.2, 0.25) is 0 Å². The molecule has 0 fully saturated rings. The molecule has 1 aromatic carbocycles. The molecule has 1 aliphatic heterocycles. The minimum Gasteiger partial charge on any atom is -0.337 e. The molecule has 2 rings (SSSR count). The second-order valence-electron chi connectivity index (χ2n) is 5.40. The van der Waals surface area contributed by atoms with Crippen LogP contribution in [0.15, 0.2) is 24.3 Å². The maximum absolute atomic E-state index is 12.5. The minimum atomic E-state index is -0.890. The van der Waals surface area contributed by atoms with Crippen molar-refractivity contribution in [2.24, 2.45) is 5.41 Å². The fourth-order valence-electron chi connectivity index (χ4n) is 2.50. The van der Waals surface area contributed by atoms with Crippen molar-refractivity contribution >= 4 is 5.91 Å². The van der Waals surface area contributed by atoms with Crippen molar-refractivity contribution in [2.45, 2.75) is 39.7 Å². The lowest BCUT2D eigenvalue weighted by Crippen LogP contribution is -2.41. The number of hydrogen-bond donors (Lipinski definition) is 0. The van der Waals surface area contributed by atoms with Gasteiger partial charge in [0, 0.05) is 13.1 Å². The Balaban J connectivity index is 2.24. The predicted octanol–water partition coefficient (Wildman–Crippen LogP) is 2.90. The second-order valence-corrected chi connectivity index (χ2v) is 5.40. The number of hydrogen-bond acceptors (Lipinski definition) is 2. The third kappa shape index (κ3) is 2.63. The van der Waals surface area contributed by atoms with E-state index in [1.54, 1.807) is 6.92 Å². The van der Waals surface area contributed by atoms with Gasteiger partial charge in [0.2, 0.25) is 5.91 Å². The summed E-state index contributed by atoms with van der Waals surface area (Å²) in [5.41, 5.74) is 1.65. The molecule has 0 saturated carbocycles. The molecule has 1 atom stereocenters. The number of nitrogens with zero attached hydrogens (tertiary/aromatic N) is 2. The molecule has 1 aliphatic rings. The van der Waals surface area contributed by atoms with Gasteiger partial charge in [-0.05, 0) is 37.3 Å². The lowest BCUT2D eigenvalue weighted by molar-refractivity contribution is -0.139. The first kappa shape index (κ1) is 13.6. The Kier molecular flexibility index (Phi) is 3.90. The Labute approximate surface area is 114 Å². The molecule has 0 saturated heterocycles. The highest BCUT2D eigenvalue weighted by Gasteiger charge is 2.35. The summed E-state index contributed by atoms with van der Waals surface area (Å²) in [6.07, 6.45) is 2.53. The van der Waals surface area contributed by atoms with Gasteiger partial charge in [-0.15, -0.1) is 0 Å². The van der Waals surface area contributed by atoms with Crippen LogP contribution in [0.4, 0.5) is 0 Å². The monoisotopic (exact) mass is 256 g/mol. The van der Waals surface area contributed by atoms with Crippen LogP contribution in [0.3, 0.4) is 0 Å². The summed E-state index contributed by atoms with van der Waals surface area (Å²) in [5.74, 6) is -0.0331. The van der Waals surface area contributed by atoms with Gasteiger partial charge in [-0.3, -0.25) is 4.79 Å². The number of fused-ring (bicyclic) bond motifs is 1. The first-order chi connectivity index (χ1) is 9.10.